The fourth-order valence-corrected chi connectivity index (χ4v) is 3.51. The van der Waals surface area contributed by atoms with E-state index in [0.29, 0.717) is 6.26 Å². The molecule has 0 spiro atoms. The SMILES string of the molecule is CS(=O)(=O)O[C@@H]1[C@H](OS(C)(=O)=O)[C@H](OC(=O)c2ccccc2)CO[C@@H]1O. The average molecular weight is 410 g/mol. The highest BCUT2D eigenvalue weighted by Crippen LogP contribution is 2.25. The highest BCUT2D eigenvalue weighted by atomic mass is 32.2. The predicted molar refractivity (Wildman–Crippen MR) is 87.0 cm³/mol. The number of carbonyl (C=O) groups excluding carboxylic acids is 1. The molecule has 1 aromatic carbocycles. The summed E-state index contributed by atoms with van der Waals surface area (Å²) < 4.78 is 65.5. The Balaban J connectivity index is 2.28. The van der Waals surface area contributed by atoms with Crippen LogP contribution in [-0.2, 0) is 38.1 Å². The number of esters is 1. The van der Waals surface area contributed by atoms with Gasteiger partial charge in [-0.25, -0.2) is 4.79 Å². The summed E-state index contributed by atoms with van der Waals surface area (Å²) in [5.41, 5.74) is 0.178. The third kappa shape index (κ3) is 6.00. The van der Waals surface area contributed by atoms with Crippen molar-refractivity contribution in [3.63, 3.8) is 0 Å². The quantitative estimate of drug-likeness (QED) is 0.470. The summed E-state index contributed by atoms with van der Waals surface area (Å²) in [6.07, 6.45) is -5.09. The van der Waals surface area contributed by atoms with Crippen molar-refractivity contribution in [1.82, 2.24) is 0 Å². The van der Waals surface area contributed by atoms with Crippen molar-refractivity contribution in [2.45, 2.75) is 24.6 Å². The van der Waals surface area contributed by atoms with Crippen LogP contribution in [0.25, 0.3) is 0 Å². The Kier molecular flexibility index (Phi) is 6.37. The fraction of sp³-hybridized carbons (Fsp3) is 0.500. The third-order valence-corrected chi connectivity index (χ3v) is 4.39. The smallest absolute Gasteiger partial charge is 0.338 e. The first-order valence-corrected chi connectivity index (χ1v) is 10.9. The topological polar surface area (TPSA) is 143 Å². The minimum Gasteiger partial charge on any atom is -0.453 e. The summed E-state index contributed by atoms with van der Waals surface area (Å²) in [5.74, 6) is -0.809. The Morgan fingerprint density at radius 1 is 1.04 bits per heavy atom. The van der Waals surface area contributed by atoms with Crippen LogP contribution in [0.1, 0.15) is 10.4 Å². The molecule has 10 nitrogen and oxygen atoms in total. The van der Waals surface area contributed by atoms with E-state index in [1.165, 1.54) is 12.1 Å². The minimum absolute atomic E-state index is 0.178. The van der Waals surface area contributed by atoms with Gasteiger partial charge >= 0.3 is 5.97 Å². The van der Waals surface area contributed by atoms with Crippen molar-refractivity contribution in [3.05, 3.63) is 35.9 Å². The van der Waals surface area contributed by atoms with Gasteiger partial charge in [-0.1, -0.05) is 18.2 Å². The van der Waals surface area contributed by atoms with Crippen molar-refractivity contribution in [3.8, 4) is 0 Å². The van der Waals surface area contributed by atoms with Crippen LogP contribution in [0, 0.1) is 0 Å². The molecule has 146 valence electrons. The molecule has 1 saturated heterocycles. The Labute approximate surface area is 150 Å². The Hall–Kier alpha value is -1.57. The molecule has 0 aromatic heterocycles. The summed E-state index contributed by atoms with van der Waals surface area (Å²) >= 11 is 0. The molecule has 0 saturated carbocycles. The molecule has 1 aromatic rings. The van der Waals surface area contributed by atoms with E-state index in [-0.39, 0.29) is 5.56 Å². The lowest BCUT2D eigenvalue weighted by atomic mass is 10.1. The zero-order valence-corrected chi connectivity index (χ0v) is 15.5. The monoisotopic (exact) mass is 410 g/mol. The fourth-order valence-electron chi connectivity index (χ4n) is 2.26. The maximum absolute atomic E-state index is 12.2. The summed E-state index contributed by atoms with van der Waals surface area (Å²) in [6, 6.07) is 7.81. The maximum atomic E-state index is 12.2. The molecule has 1 fully saturated rings. The molecule has 1 aliphatic heterocycles. The van der Waals surface area contributed by atoms with Crippen molar-refractivity contribution < 1.29 is 44.6 Å². The zero-order chi connectivity index (χ0) is 19.5. The van der Waals surface area contributed by atoms with Crippen LogP contribution < -0.4 is 0 Å². The molecule has 1 aliphatic rings. The predicted octanol–water partition coefficient (Wildman–Crippen LogP) is -0.750. The van der Waals surface area contributed by atoms with Gasteiger partial charge in [-0.05, 0) is 12.1 Å². The first kappa shape index (κ1) is 20.7. The zero-order valence-electron chi connectivity index (χ0n) is 13.8. The average Bonchev–Trinajstić information content (AvgIpc) is 2.52. The molecular formula is C14H18O10S2. The van der Waals surface area contributed by atoms with E-state index in [1.807, 2.05) is 0 Å². The van der Waals surface area contributed by atoms with Gasteiger partial charge in [-0.2, -0.15) is 16.8 Å². The molecule has 12 heteroatoms. The molecular weight excluding hydrogens is 392 g/mol. The molecule has 0 amide bonds. The first-order valence-electron chi connectivity index (χ1n) is 7.28. The highest BCUT2D eigenvalue weighted by molar-refractivity contribution is 7.86. The summed E-state index contributed by atoms with van der Waals surface area (Å²) in [7, 11) is -8.21. The van der Waals surface area contributed by atoms with Gasteiger partial charge in [-0.3, -0.25) is 8.37 Å². The number of carbonyl (C=O) groups is 1. The second-order valence-electron chi connectivity index (χ2n) is 5.56. The Morgan fingerprint density at radius 3 is 2.12 bits per heavy atom. The molecule has 0 aliphatic carbocycles. The lowest BCUT2D eigenvalue weighted by molar-refractivity contribution is -0.237. The molecule has 26 heavy (non-hydrogen) atoms. The van der Waals surface area contributed by atoms with Crippen LogP contribution in [0.5, 0.6) is 0 Å². The van der Waals surface area contributed by atoms with E-state index in [0.717, 1.165) is 6.26 Å². The van der Waals surface area contributed by atoms with Gasteiger partial charge < -0.3 is 14.6 Å². The highest BCUT2D eigenvalue weighted by Gasteiger charge is 2.47. The summed E-state index contributed by atoms with van der Waals surface area (Å²) in [5, 5.41) is 9.84. The number of hydrogen-bond donors (Lipinski definition) is 1. The van der Waals surface area contributed by atoms with Crippen LogP contribution in [0.3, 0.4) is 0 Å². The van der Waals surface area contributed by atoms with Gasteiger partial charge in [0, 0.05) is 0 Å². The van der Waals surface area contributed by atoms with Crippen molar-refractivity contribution in [2.24, 2.45) is 0 Å². The second kappa shape index (κ2) is 7.98. The lowest BCUT2D eigenvalue weighted by Crippen LogP contribution is -2.57. The molecule has 0 radical (unpaired) electrons. The standard InChI is InChI=1S/C14H18O10S2/c1-25(17,18)23-11-10(22-13(15)9-6-4-3-5-7-9)8-21-14(16)12(11)24-26(2,19)20/h3-7,10-12,14,16H,8H2,1-2H3/t10-,11-,12-,14+/m1/s1. The number of rotatable bonds is 6. The van der Waals surface area contributed by atoms with Crippen LogP contribution in [-0.4, -0.2) is 71.6 Å². The van der Waals surface area contributed by atoms with Gasteiger partial charge in [0.25, 0.3) is 20.2 Å². The molecule has 1 heterocycles. The van der Waals surface area contributed by atoms with Gasteiger partial charge in [0.15, 0.2) is 18.5 Å². The normalized spacial score (nSPS) is 27.0. The Morgan fingerprint density at radius 2 is 1.58 bits per heavy atom. The number of hydrogen-bond acceptors (Lipinski definition) is 10. The number of aliphatic hydroxyl groups excluding tert-OH is 1. The molecule has 0 unspecified atom stereocenters. The van der Waals surface area contributed by atoms with Crippen LogP contribution in [0.2, 0.25) is 0 Å². The van der Waals surface area contributed by atoms with Crippen LogP contribution in [0.4, 0.5) is 0 Å². The first-order chi connectivity index (χ1) is 12.0. The van der Waals surface area contributed by atoms with Gasteiger partial charge in [0.1, 0.15) is 6.10 Å². The third-order valence-electron chi connectivity index (χ3n) is 3.24. The summed E-state index contributed by atoms with van der Waals surface area (Å²) in [4.78, 5) is 12.2. The van der Waals surface area contributed by atoms with E-state index in [1.54, 1.807) is 18.2 Å². The number of aliphatic hydroxyl groups is 1. The second-order valence-corrected chi connectivity index (χ2v) is 8.77. The largest absolute Gasteiger partial charge is 0.453 e. The molecule has 1 N–H and O–H groups in total. The van der Waals surface area contributed by atoms with E-state index >= 15 is 0 Å². The van der Waals surface area contributed by atoms with Crippen molar-refractivity contribution >= 4 is 26.2 Å². The van der Waals surface area contributed by atoms with Crippen molar-refractivity contribution in [1.29, 1.82) is 0 Å². The lowest BCUT2D eigenvalue weighted by Gasteiger charge is -2.38. The maximum Gasteiger partial charge on any atom is 0.338 e. The van der Waals surface area contributed by atoms with E-state index in [9.17, 15) is 26.7 Å². The summed E-state index contributed by atoms with van der Waals surface area (Å²) in [6.45, 7) is -0.427. The Bertz CT molecular complexity index is 834. The van der Waals surface area contributed by atoms with Crippen LogP contribution >= 0.6 is 0 Å². The molecule has 4 atom stereocenters. The molecule has 2 rings (SSSR count). The van der Waals surface area contributed by atoms with Gasteiger partial charge in [0.2, 0.25) is 0 Å². The molecule has 0 bridgehead atoms. The van der Waals surface area contributed by atoms with Gasteiger partial charge in [-0.15, -0.1) is 0 Å². The van der Waals surface area contributed by atoms with E-state index < -0.39 is 57.4 Å². The number of benzene rings is 1. The minimum atomic E-state index is -4.10. The van der Waals surface area contributed by atoms with Crippen molar-refractivity contribution in [2.75, 3.05) is 19.1 Å². The van der Waals surface area contributed by atoms with E-state index in [2.05, 4.69) is 4.18 Å². The van der Waals surface area contributed by atoms with Crippen LogP contribution in [0.15, 0.2) is 30.3 Å². The van der Waals surface area contributed by atoms with E-state index in [4.69, 9.17) is 13.7 Å². The van der Waals surface area contributed by atoms with Gasteiger partial charge in [0.05, 0.1) is 24.7 Å². The number of ether oxygens (including phenoxy) is 2.